The van der Waals surface area contributed by atoms with E-state index in [0.29, 0.717) is 0 Å². The number of carbonyl (C=O) groups excluding carboxylic acids is 2. The molecule has 1 fully saturated rings. The van der Waals surface area contributed by atoms with Crippen molar-refractivity contribution in [3.8, 4) is 0 Å². The van der Waals surface area contributed by atoms with E-state index in [1.807, 2.05) is 24.3 Å². The van der Waals surface area contributed by atoms with E-state index in [1.54, 1.807) is 0 Å². The van der Waals surface area contributed by atoms with Crippen LogP contribution in [0.2, 0.25) is 5.82 Å². The van der Waals surface area contributed by atoms with Gasteiger partial charge in [-0.3, -0.25) is 9.59 Å². The molecule has 3 N–H and O–H groups in total. The molecule has 8 heteroatoms. The van der Waals surface area contributed by atoms with Crippen LogP contribution in [0.4, 0.5) is 11.4 Å². The van der Waals surface area contributed by atoms with Gasteiger partial charge < -0.3 is 25.2 Å². The van der Waals surface area contributed by atoms with Crippen molar-refractivity contribution < 1.29 is 19.1 Å². The average Bonchev–Trinajstić information content (AvgIpc) is 3.14. The molecular weight excluding hydrogens is 381 g/mol. The van der Waals surface area contributed by atoms with Gasteiger partial charge >= 0.3 is 18.9 Å². The number of rotatable bonds is 3. The normalized spacial score (nSPS) is 25.4. The molecule has 2 aliphatic rings. The molecule has 2 heterocycles. The van der Waals surface area contributed by atoms with E-state index >= 15 is 0 Å². The molecule has 2 aliphatic heterocycles. The molecule has 4 rings (SSSR count). The number of carbonyl (C=O) groups is 2. The van der Waals surface area contributed by atoms with Crippen LogP contribution in [0.3, 0.4) is 0 Å². The summed E-state index contributed by atoms with van der Waals surface area (Å²) in [6.45, 7) is 5.79. The molecular formula is C22H28BN3O4. The molecule has 0 saturated carbocycles. The van der Waals surface area contributed by atoms with Crippen LogP contribution in [-0.4, -0.2) is 45.2 Å². The number of esters is 2. The van der Waals surface area contributed by atoms with Gasteiger partial charge in [-0.2, -0.15) is 0 Å². The van der Waals surface area contributed by atoms with Gasteiger partial charge in [-0.25, -0.2) is 0 Å². The summed E-state index contributed by atoms with van der Waals surface area (Å²) in [6.07, 6.45) is 0. The number of hydrogen-bond donors (Lipinski definition) is 3. The van der Waals surface area contributed by atoms with Crippen LogP contribution in [0.25, 0.3) is 10.8 Å². The number of benzene rings is 2. The van der Waals surface area contributed by atoms with E-state index in [1.165, 1.54) is 14.2 Å². The van der Waals surface area contributed by atoms with E-state index in [2.05, 4.69) is 48.7 Å². The highest BCUT2D eigenvalue weighted by Crippen LogP contribution is 2.45. The van der Waals surface area contributed by atoms with Gasteiger partial charge in [0.1, 0.15) is 6.04 Å². The fraction of sp³-hybridized carbons (Fsp3) is 0.455. The Kier molecular flexibility index (Phi) is 5.14. The van der Waals surface area contributed by atoms with Crippen LogP contribution < -0.4 is 15.8 Å². The molecule has 0 radical (unpaired) electrons. The van der Waals surface area contributed by atoms with E-state index < -0.39 is 17.8 Å². The quantitative estimate of drug-likeness (QED) is 0.531. The summed E-state index contributed by atoms with van der Waals surface area (Å²) in [6, 6.07) is 11.2. The summed E-state index contributed by atoms with van der Waals surface area (Å²) in [7, 11) is 2.76. The minimum atomic E-state index is -0.655. The first kappa shape index (κ1) is 20.5. The van der Waals surface area contributed by atoms with E-state index in [-0.39, 0.29) is 30.4 Å². The summed E-state index contributed by atoms with van der Waals surface area (Å²) in [5.41, 5.74) is 1.67. The van der Waals surface area contributed by atoms with Crippen molar-refractivity contribution in [2.24, 2.45) is 11.3 Å². The molecule has 0 bridgehead atoms. The van der Waals surface area contributed by atoms with Gasteiger partial charge in [0.15, 0.2) is 0 Å². The van der Waals surface area contributed by atoms with Gasteiger partial charge in [0.25, 0.3) is 0 Å². The number of anilines is 2. The Hall–Kier alpha value is -2.74. The third-order valence-electron chi connectivity index (χ3n) is 6.29. The highest BCUT2D eigenvalue weighted by atomic mass is 16.5. The first-order valence-corrected chi connectivity index (χ1v) is 10.2. The van der Waals surface area contributed by atoms with Gasteiger partial charge in [-0.1, -0.05) is 45.0 Å². The Morgan fingerprint density at radius 2 is 1.50 bits per heavy atom. The summed E-state index contributed by atoms with van der Waals surface area (Å²) in [5.74, 6) is -1.67. The Labute approximate surface area is 177 Å². The van der Waals surface area contributed by atoms with Crippen LogP contribution in [-0.2, 0) is 19.1 Å². The standard InChI is InChI=1S/C22H28BN3O4/c1-22(2,3)19-16(20(27)29-4)17(18(24-19)21(28)30-5)23-25-13-10-6-8-12-9-7-11-14(26-23)15(12)13/h6-11,16-19,24-26H,1-5H3/t16-,17-,18-,19+/m0/s1. The molecule has 158 valence electrons. The second kappa shape index (κ2) is 7.50. The monoisotopic (exact) mass is 409 g/mol. The third kappa shape index (κ3) is 3.29. The van der Waals surface area contributed by atoms with Crippen molar-refractivity contribution in [2.75, 3.05) is 24.7 Å². The zero-order valence-corrected chi connectivity index (χ0v) is 18.0. The molecule has 4 atom stereocenters. The zero-order chi connectivity index (χ0) is 21.6. The van der Waals surface area contributed by atoms with E-state index in [9.17, 15) is 9.59 Å². The van der Waals surface area contributed by atoms with Crippen LogP contribution in [0, 0.1) is 11.3 Å². The molecule has 7 nitrogen and oxygen atoms in total. The fourth-order valence-corrected chi connectivity index (χ4v) is 4.95. The van der Waals surface area contributed by atoms with Crippen LogP contribution in [0.1, 0.15) is 20.8 Å². The lowest BCUT2D eigenvalue weighted by Gasteiger charge is -2.35. The highest BCUT2D eigenvalue weighted by Gasteiger charge is 2.58. The fourth-order valence-electron chi connectivity index (χ4n) is 4.95. The smallest absolute Gasteiger partial charge is 0.376 e. The molecule has 0 aromatic heterocycles. The van der Waals surface area contributed by atoms with Gasteiger partial charge in [-0.05, 0) is 22.9 Å². The van der Waals surface area contributed by atoms with Crippen molar-refractivity contribution in [1.29, 1.82) is 0 Å². The molecule has 0 unspecified atom stereocenters. The van der Waals surface area contributed by atoms with Crippen LogP contribution in [0.15, 0.2) is 36.4 Å². The van der Waals surface area contributed by atoms with Gasteiger partial charge in [0, 0.05) is 28.6 Å². The topological polar surface area (TPSA) is 88.7 Å². The minimum Gasteiger partial charge on any atom is -0.469 e. The molecule has 0 aliphatic carbocycles. The van der Waals surface area contributed by atoms with Gasteiger partial charge in [-0.15, -0.1) is 0 Å². The van der Waals surface area contributed by atoms with Crippen molar-refractivity contribution in [1.82, 2.24) is 5.32 Å². The zero-order valence-electron chi connectivity index (χ0n) is 18.0. The largest absolute Gasteiger partial charge is 0.469 e. The summed E-state index contributed by atoms with van der Waals surface area (Å²) >= 11 is 0. The SMILES string of the molecule is COC(=O)[C@H]1[C@H](B2Nc3cccc4cccc(c34)N2)[C@@H](C(=O)OC)N[C@H]1C(C)(C)C. The van der Waals surface area contributed by atoms with Crippen LogP contribution >= 0.6 is 0 Å². The van der Waals surface area contributed by atoms with Crippen LogP contribution in [0.5, 0.6) is 0 Å². The van der Waals surface area contributed by atoms with Crippen molar-refractivity contribution in [3.05, 3.63) is 36.4 Å². The minimum absolute atomic E-state index is 0.254. The Morgan fingerprint density at radius 1 is 0.933 bits per heavy atom. The molecule has 1 saturated heterocycles. The van der Waals surface area contributed by atoms with Gasteiger partial charge in [0.05, 0.1) is 20.1 Å². The predicted octanol–water partition coefficient (Wildman–Crippen LogP) is 2.88. The number of ether oxygens (including phenoxy) is 2. The molecule has 30 heavy (non-hydrogen) atoms. The molecule has 0 spiro atoms. The van der Waals surface area contributed by atoms with E-state index in [0.717, 1.165) is 22.1 Å². The maximum atomic E-state index is 12.9. The number of methoxy groups -OCH3 is 2. The lowest BCUT2D eigenvalue weighted by Crippen LogP contribution is -2.50. The maximum Gasteiger partial charge on any atom is 0.376 e. The predicted molar refractivity (Wildman–Crippen MR) is 118 cm³/mol. The molecule has 0 amide bonds. The Balaban J connectivity index is 1.79. The van der Waals surface area contributed by atoms with Crippen molar-refractivity contribution >= 4 is 41.1 Å². The Bertz CT molecular complexity index is 949. The van der Waals surface area contributed by atoms with Gasteiger partial charge in [0.2, 0.25) is 0 Å². The van der Waals surface area contributed by atoms with Crippen molar-refractivity contribution in [3.63, 3.8) is 0 Å². The van der Waals surface area contributed by atoms with Crippen molar-refractivity contribution in [2.45, 2.75) is 38.7 Å². The lowest BCUT2D eigenvalue weighted by atomic mass is 9.53. The Morgan fingerprint density at radius 3 is 2.00 bits per heavy atom. The molecule has 2 aromatic carbocycles. The van der Waals surface area contributed by atoms with E-state index in [4.69, 9.17) is 9.47 Å². The summed E-state index contributed by atoms with van der Waals surface area (Å²) < 4.78 is 10.3. The molecule has 2 aromatic rings. The maximum absolute atomic E-state index is 12.9. The summed E-state index contributed by atoms with van der Waals surface area (Å²) in [4.78, 5) is 25.7. The first-order valence-electron chi connectivity index (χ1n) is 10.2. The first-order chi connectivity index (χ1) is 14.3. The number of hydrogen-bond acceptors (Lipinski definition) is 7. The number of nitrogens with one attached hydrogen (secondary N) is 3. The second-order valence-electron chi connectivity index (χ2n) is 9.11. The third-order valence-corrected chi connectivity index (χ3v) is 6.29. The lowest BCUT2D eigenvalue weighted by molar-refractivity contribution is -0.146. The summed E-state index contributed by atoms with van der Waals surface area (Å²) in [5, 5.41) is 12.7. The average molecular weight is 409 g/mol. The highest BCUT2D eigenvalue weighted by molar-refractivity contribution is 6.70. The second-order valence-corrected chi connectivity index (χ2v) is 9.11.